The van der Waals surface area contributed by atoms with E-state index in [0.717, 1.165) is 18.7 Å². The zero-order valence-corrected chi connectivity index (χ0v) is 12.9. The summed E-state index contributed by atoms with van der Waals surface area (Å²) in [5.74, 6) is 0.628. The Bertz CT molecular complexity index is 495. The number of piperidine rings is 1. The van der Waals surface area contributed by atoms with Crippen LogP contribution in [-0.4, -0.2) is 40.1 Å². The lowest BCUT2D eigenvalue weighted by Crippen LogP contribution is -2.54. The number of hydrogen-bond donors (Lipinski definition) is 2. The summed E-state index contributed by atoms with van der Waals surface area (Å²) in [6.45, 7) is 5.68. The lowest BCUT2D eigenvalue weighted by Gasteiger charge is -2.42. The van der Waals surface area contributed by atoms with Crippen molar-refractivity contribution in [3.05, 3.63) is 17.5 Å². The molecule has 1 saturated carbocycles. The molecule has 1 aliphatic carbocycles. The number of hydrogen-bond acceptors (Lipinski definition) is 3. The maximum absolute atomic E-state index is 12.5. The molecule has 112 valence electrons. The van der Waals surface area contributed by atoms with Crippen LogP contribution in [0.4, 0.5) is 0 Å². The molecule has 0 spiro atoms. The van der Waals surface area contributed by atoms with E-state index in [-0.39, 0.29) is 29.8 Å². The van der Waals surface area contributed by atoms with Gasteiger partial charge < -0.3 is 10.6 Å². The number of halogens is 1. The molecule has 3 N–H and O–H groups in total. The van der Waals surface area contributed by atoms with Crippen molar-refractivity contribution in [3.8, 4) is 0 Å². The third-order valence-corrected chi connectivity index (χ3v) is 4.43. The fourth-order valence-electron chi connectivity index (χ4n) is 2.76. The molecule has 0 aromatic carbocycles. The molecule has 3 rings (SSSR count). The molecule has 1 amide bonds. The Morgan fingerprint density at radius 3 is 2.75 bits per heavy atom. The van der Waals surface area contributed by atoms with Crippen molar-refractivity contribution >= 4 is 18.3 Å². The summed E-state index contributed by atoms with van der Waals surface area (Å²) < 4.78 is 0. The smallest absolute Gasteiger partial charge is 0.274 e. The predicted molar refractivity (Wildman–Crippen MR) is 80.1 cm³/mol. The van der Waals surface area contributed by atoms with Gasteiger partial charge in [0.1, 0.15) is 5.69 Å². The monoisotopic (exact) mass is 298 g/mol. The van der Waals surface area contributed by atoms with Crippen LogP contribution < -0.4 is 5.73 Å². The number of likely N-dealkylation sites (tertiary alicyclic amines) is 1. The SMILES string of the molecule is CC1(C)CN(C(=O)c2cc(C3CC3)[nH]n2)CCC1N.Cl. The van der Waals surface area contributed by atoms with E-state index in [2.05, 4.69) is 24.0 Å². The number of nitrogens with two attached hydrogens (primary N) is 1. The van der Waals surface area contributed by atoms with E-state index in [9.17, 15) is 4.79 Å². The van der Waals surface area contributed by atoms with Crippen LogP contribution in [-0.2, 0) is 0 Å². The molecule has 1 atom stereocenters. The lowest BCUT2D eigenvalue weighted by atomic mass is 9.79. The average molecular weight is 299 g/mol. The van der Waals surface area contributed by atoms with E-state index >= 15 is 0 Å². The van der Waals surface area contributed by atoms with Crippen molar-refractivity contribution in [1.82, 2.24) is 15.1 Å². The highest BCUT2D eigenvalue weighted by Gasteiger charge is 2.36. The molecule has 1 aromatic heterocycles. The Hall–Kier alpha value is -1.07. The van der Waals surface area contributed by atoms with E-state index in [4.69, 9.17) is 5.73 Å². The van der Waals surface area contributed by atoms with Gasteiger partial charge in [-0.25, -0.2) is 0 Å². The first-order chi connectivity index (χ1) is 8.97. The highest BCUT2D eigenvalue weighted by atomic mass is 35.5. The first-order valence-electron chi connectivity index (χ1n) is 7.07. The molecule has 20 heavy (non-hydrogen) atoms. The van der Waals surface area contributed by atoms with Crippen molar-refractivity contribution in [3.63, 3.8) is 0 Å². The minimum Gasteiger partial charge on any atom is -0.337 e. The summed E-state index contributed by atoms with van der Waals surface area (Å²) in [7, 11) is 0. The maximum atomic E-state index is 12.5. The third kappa shape index (κ3) is 2.83. The molecule has 1 unspecified atom stereocenters. The Morgan fingerprint density at radius 2 is 2.15 bits per heavy atom. The van der Waals surface area contributed by atoms with Gasteiger partial charge in [0, 0.05) is 30.7 Å². The number of nitrogens with zero attached hydrogens (tertiary/aromatic N) is 2. The number of carbonyl (C=O) groups is 1. The molecule has 0 bridgehead atoms. The second-order valence-electron chi connectivity index (χ2n) is 6.59. The summed E-state index contributed by atoms with van der Waals surface area (Å²) in [4.78, 5) is 14.3. The van der Waals surface area contributed by atoms with Crippen LogP contribution in [0.5, 0.6) is 0 Å². The fourth-order valence-corrected chi connectivity index (χ4v) is 2.76. The lowest BCUT2D eigenvalue weighted by molar-refractivity contribution is 0.0527. The van der Waals surface area contributed by atoms with Crippen LogP contribution in [0, 0.1) is 5.41 Å². The molecule has 1 aliphatic heterocycles. The van der Waals surface area contributed by atoms with Gasteiger partial charge in [0.2, 0.25) is 0 Å². The molecule has 2 fully saturated rings. The van der Waals surface area contributed by atoms with Crippen molar-refractivity contribution in [2.45, 2.75) is 45.1 Å². The minimum absolute atomic E-state index is 0. The number of amides is 1. The van der Waals surface area contributed by atoms with E-state index in [1.165, 1.54) is 12.8 Å². The summed E-state index contributed by atoms with van der Waals surface area (Å²) in [6, 6.07) is 2.08. The van der Waals surface area contributed by atoms with Gasteiger partial charge in [-0.15, -0.1) is 12.4 Å². The van der Waals surface area contributed by atoms with Crippen LogP contribution >= 0.6 is 12.4 Å². The average Bonchev–Trinajstić information content (AvgIpc) is 3.10. The summed E-state index contributed by atoms with van der Waals surface area (Å²) in [6.07, 6.45) is 3.28. The van der Waals surface area contributed by atoms with Gasteiger partial charge in [0.05, 0.1) is 0 Å². The van der Waals surface area contributed by atoms with Crippen LogP contribution in [0.15, 0.2) is 6.07 Å². The first kappa shape index (κ1) is 15.3. The zero-order chi connectivity index (χ0) is 13.6. The van der Waals surface area contributed by atoms with Crippen molar-refractivity contribution in [1.29, 1.82) is 0 Å². The Labute approximate surface area is 125 Å². The third-order valence-electron chi connectivity index (χ3n) is 4.43. The van der Waals surface area contributed by atoms with E-state index in [1.807, 2.05) is 11.0 Å². The summed E-state index contributed by atoms with van der Waals surface area (Å²) >= 11 is 0. The standard InChI is InChI=1S/C14H22N4O.ClH/c1-14(2)8-18(6-5-12(14)15)13(19)11-7-10(16-17-11)9-3-4-9;/h7,9,12H,3-6,8,15H2,1-2H3,(H,16,17);1H. The normalized spacial score (nSPS) is 25.1. The molecule has 2 aliphatic rings. The Morgan fingerprint density at radius 1 is 1.45 bits per heavy atom. The number of carbonyl (C=O) groups excluding carboxylic acids is 1. The van der Waals surface area contributed by atoms with Gasteiger partial charge in [-0.3, -0.25) is 9.89 Å². The van der Waals surface area contributed by atoms with Gasteiger partial charge in [-0.2, -0.15) is 5.10 Å². The second-order valence-corrected chi connectivity index (χ2v) is 6.59. The van der Waals surface area contributed by atoms with Crippen molar-refractivity contribution in [2.24, 2.45) is 11.1 Å². The Balaban J connectivity index is 0.00000147. The fraction of sp³-hybridized carbons (Fsp3) is 0.714. The number of nitrogens with one attached hydrogen (secondary N) is 1. The molecule has 0 radical (unpaired) electrons. The number of aromatic amines is 1. The summed E-state index contributed by atoms with van der Waals surface area (Å²) in [5, 5.41) is 7.17. The van der Waals surface area contributed by atoms with Gasteiger partial charge in [0.25, 0.3) is 5.91 Å². The topological polar surface area (TPSA) is 75.0 Å². The van der Waals surface area contributed by atoms with Crippen LogP contribution in [0.3, 0.4) is 0 Å². The number of aromatic nitrogens is 2. The van der Waals surface area contributed by atoms with E-state index in [1.54, 1.807) is 0 Å². The Kier molecular flexibility index (Phi) is 4.12. The predicted octanol–water partition coefficient (Wildman–Crippen LogP) is 1.91. The van der Waals surface area contributed by atoms with Gasteiger partial charge in [0.15, 0.2) is 0 Å². The largest absolute Gasteiger partial charge is 0.337 e. The van der Waals surface area contributed by atoms with Crippen LogP contribution in [0.1, 0.15) is 55.2 Å². The van der Waals surface area contributed by atoms with E-state index < -0.39 is 0 Å². The van der Waals surface area contributed by atoms with Gasteiger partial charge in [-0.05, 0) is 30.7 Å². The second kappa shape index (κ2) is 5.37. The molecule has 5 nitrogen and oxygen atoms in total. The first-order valence-corrected chi connectivity index (χ1v) is 7.07. The molecule has 2 heterocycles. The molecule has 6 heteroatoms. The van der Waals surface area contributed by atoms with Gasteiger partial charge in [-0.1, -0.05) is 13.8 Å². The minimum atomic E-state index is -0.0243. The molecule has 1 saturated heterocycles. The highest BCUT2D eigenvalue weighted by Crippen LogP contribution is 2.39. The number of rotatable bonds is 2. The van der Waals surface area contributed by atoms with Crippen LogP contribution in [0.2, 0.25) is 0 Å². The summed E-state index contributed by atoms with van der Waals surface area (Å²) in [5.41, 5.74) is 7.74. The molecular formula is C14H23ClN4O. The van der Waals surface area contributed by atoms with Crippen molar-refractivity contribution < 1.29 is 4.79 Å². The van der Waals surface area contributed by atoms with Crippen molar-refractivity contribution in [2.75, 3.05) is 13.1 Å². The molecule has 1 aromatic rings. The maximum Gasteiger partial charge on any atom is 0.274 e. The number of H-pyrrole nitrogens is 1. The van der Waals surface area contributed by atoms with Gasteiger partial charge >= 0.3 is 0 Å². The highest BCUT2D eigenvalue weighted by molar-refractivity contribution is 5.92. The quantitative estimate of drug-likeness (QED) is 0.876. The van der Waals surface area contributed by atoms with E-state index in [0.29, 0.717) is 18.2 Å². The zero-order valence-electron chi connectivity index (χ0n) is 12.1. The molecular weight excluding hydrogens is 276 g/mol. The van der Waals surface area contributed by atoms with Crippen LogP contribution in [0.25, 0.3) is 0 Å².